The van der Waals surface area contributed by atoms with Crippen molar-refractivity contribution in [2.75, 3.05) is 6.54 Å². The molecule has 0 bridgehead atoms. The summed E-state index contributed by atoms with van der Waals surface area (Å²) in [5.41, 5.74) is 2.47. The minimum atomic E-state index is -0.0853. The number of rotatable bonds is 5. The first kappa shape index (κ1) is 13.5. The summed E-state index contributed by atoms with van der Waals surface area (Å²) in [5, 5.41) is 7.51. The van der Waals surface area contributed by atoms with Gasteiger partial charge in [-0.1, -0.05) is 24.9 Å². The lowest BCUT2D eigenvalue weighted by Crippen LogP contribution is -2.24. The highest BCUT2D eigenvalue weighted by molar-refractivity contribution is 6.05. The largest absolute Gasteiger partial charge is 0.352 e. The van der Waals surface area contributed by atoms with Gasteiger partial charge in [0.2, 0.25) is 0 Å². The normalized spacial score (nSPS) is 10.9. The Morgan fingerprint density at radius 1 is 1.37 bits per heavy atom. The fourth-order valence-corrected chi connectivity index (χ4v) is 2.07. The van der Waals surface area contributed by atoms with Gasteiger partial charge in [-0.25, -0.2) is 4.98 Å². The van der Waals surface area contributed by atoms with Gasteiger partial charge in [-0.2, -0.15) is 0 Å². The van der Waals surface area contributed by atoms with E-state index in [2.05, 4.69) is 22.4 Å². The number of fused-ring (bicyclic) bond motifs is 1. The van der Waals surface area contributed by atoms with E-state index in [4.69, 9.17) is 4.52 Å². The molecule has 5 nitrogen and oxygen atoms in total. The molecule has 0 radical (unpaired) electrons. The first-order valence-corrected chi connectivity index (χ1v) is 6.65. The van der Waals surface area contributed by atoms with Gasteiger partial charge in [0, 0.05) is 12.2 Å². The minimum Gasteiger partial charge on any atom is -0.352 e. The Hall–Kier alpha value is -1.91. The quantitative estimate of drug-likeness (QED) is 0.840. The summed E-state index contributed by atoms with van der Waals surface area (Å²) in [6, 6.07) is 1.78. The molecule has 2 aromatic heterocycles. The number of aryl methyl sites for hydroxylation is 2. The predicted molar refractivity (Wildman–Crippen MR) is 73.1 cm³/mol. The van der Waals surface area contributed by atoms with Crippen LogP contribution in [0.5, 0.6) is 0 Å². The molecule has 0 saturated heterocycles. The number of amides is 1. The van der Waals surface area contributed by atoms with Crippen molar-refractivity contribution in [2.45, 2.75) is 40.0 Å². The standard InChI is InChI=1S/C14H19N3O2/c1-4-5-6-7-15-13(18)11-8-9(2)16-14-12(11)10(3)17-19-14/h8H,4-7H2,1-3H3,(H,15,18). The molecular weight excluding hydrogens is 242 g/mol. The molecule has 0 atom stereocenters. The summed E-state index contributed by atoms with van der Waals surface area (Å²) in [5.74, 6) is -0.0853. The van der Waals surface area contributed by atoms with Crippen molar-refractivity contribution < 1.29 is 9.32 Å². The highest BCUT2D eigenvalue weighted by Gasteiger charge is 2.17. The molecule has 1 amide bonds. The van der Waals surface area contributed by atoms with Crippen molar-refractivity contribution in [3.05, 3.63) is 23.0 Å². The highest BCUT2D eigenvalue weighted by Crippen LogP contribution is 2.21. The van der Waals surface area contributed by atoms with Crippen LogP contribution < -0.4 is 5.32 Å². The Morgan fingerprint density at radius 2 is 2.16 bits per heavy atom. The maximum atomic E-state index is 12.2. The molecule has 19 heavy (non-hydrogen) atoms. The molecule has 2 heterocycles. The molecule has 2 rings (SSSR count). The molecule has 0 fully saturated rings. The maximum absolute atomic E-state index is 12.2. The smallest absolute Gasteiger partial charge is 0.258 e. The van der Waals surface area contributed by atoms with Crippen LogP contribution in [0.25, 0.3) is 11.1 Å². The van der Waals surface area contributed by atoms with Crippen LogP contribution in [0.1, 0.15) is 47.9 Å². The molecule has 0 aliphatic heterocycles. The third-order valence-electron chi connectivity index (χ3n) is 3.06. The zero-order valence-electron chi connectivity index (χ0n) is 11.6. The van der Waals surface area contributed by atoms with Crippen molar-refractivity contribution in [3.8, 4) is 0 Å². The molecule has 102 valence electrons. The van der Waals surface area contributed by atoms with Crippen LogP contribution in [-0.2, 0) is 0 Å². The van der Waals surface area contributed by atoms with Gasteiger partial charge in [0.05, 0.1) is 16.6 Å². The van der Waals surface area contributed by atoms with Gasteiger partial charge in [0.25, 0.3) is 11.6 Å². The van der Waals surface area contributed by atoms with Crippen molar-refractivity contribution >= 4 is 17.0 Å². The van der Waals surface area contributed by atoms with E-state index in [1.807, 2.05) is 13.8 Å². The Morgan fingerprint density at radius 3 is 2.89 bits per heavy atom. The first-order chi connectivity index (χ1) is 9.13. The first-order valence-electron chi connectivity index (χ1n) is 6.65. The number of nitrogens with zero attached hydrogens (tertiary/aromatic N) is 2. The fourth-order valence-electron chi connectivity index (χ4n) is 2.07. The average Bonchev–Trinajstić information content (AvgIpc) is 2.75. The number of hydrogen-bond acceptors (Lipinski definition) is 4. The number of hydrogen-bond donors (Lipinski definition) is 1. The monoisotopic (exact) mass is 261 g/mol. The number of aromatic nitrogens is 2. The SMILES string of the molecule is CCCCCNC(=O)c1cc(C)nc2onc(C)c12. The van der Waals surface area contributed by atoms with Gasteiger partial charge >= 0.3 is 0 Å². The van der Waals surface area contributed by atoms with Crippen LogP contribution in [0.3, 0.4) is 0 Å². The summed E-state index contributed by atoms with van der Waals surface area (Å²) >= 11 is 0. The van der Waals surface area contributed by atoms with Gasteiger partial charge in [0.1, 0.15) is 0 Å². The van der Waals surface area contributed by atoms with E-state index < -0.39 is 0 Å². The number of pyridine rings is 1. The Bertz CT molecular complexity index is 590. The van der Waals surface area contributed by atoms with Gasteiger partial charge in [-0.3, -0.25) is 4.79 Å². The van der Waals surface area contributed by atoms with Crippen molar-refractivity contribution in [1.82, 2.24) is 15.5 Å². The second-order valence-corrected chi connectivity index (χ2v) is 4.72. The van der Waals surface area contributed by atoms with Crippen LogP contribution in [0.4, 0.5) is 0 Å². The van der Waals surface area contributed by atoms with Gasteiger partial charge in [-0.15, -0.1) is 0 Å². The van der Waals surface area contributed by atoms with Crippen molar-refractivity contribution in [2.24, 2.45) is 0 Å². The predicted octanol–water partition coefficient (Wildman–Crippen LogP) is 2.76. The van der Waals surface area contributed by atoms with E-state index in [-0.39, 0.29) is 5.91 Å². The van der Waals surface area contributed by atoms with Crippen molar-refractivity contribution in [3.63, 3.8) is 0 Å². The van der Waals surface area contributed by atoms with Crippen LogP contribution in [-0.4, -0.2) is 22.6 Å². The van der Waals surface area contributed by atoms with Gasteiger partial charge < -0.3 is 9.84 Å². The zero-order chi connectivity index (χ0) is 13.8. The molecule has 2 aromatic rings. The third kappa shape index (κ3) is 2.92. The number of unbranched alkanes of at least 4 members (excludes halogenated alkanes) is 2. The lowest BCUT2D eigenvalue weighted by atomic mass is 10.1. The molecule has 0 spiro atoms. The molecule has 0 saturated carbocycles. The second-order valence-electron chi connectivity index (χ2n) is 4.72. The average molecular weight is 261 g/mol. The lowest BCUT2D eigenvalue weighted by molar-refractivity contribution is 0.0954. The molecule has 0 aliphatic rings. The maximum Gasteiger partial charge on any atom is 0.258 e. The molecule has 1 N–H and O–H groups in total. The van der Waals surface area contributed by atoms with E-state index in [0.29, 0.717) is 28.9 Å². The van der Waals surface area contributed by atoms with E-state index in [1.54, 1.807) is 6.07 Å². The molecule has 5 heteroatoms. The summed E-state index contributed by atoms with van der Waals surface area (Å²) in [6.45, 7) is 6.49. The zero-order valence-corrected chi connectivity index (χ0v) is 11.6. The Labute approximate surface area is 112 Å². The van der Waals surface area contributed by atoms with Gasteiger partial charge in [-0.05, 0) is 26.3 Å². The van der Waals surface area contributed by atoms with E-state index >= 15 is 0 Å². The summed E-state index contributed by atoms with van der Waals surface area (Å²) in [4.78, 5) is 16.5. The van der Waals surface area contributed by atoms with Crippen LogP contribution in [0.15, 0.2) is 10.6 Å². The molecule has 0 unspecified atom stereocenters. The number of nitrogens with one attached hydrogen (secondary N) is 1. The van der Waals surface area contributed by atoms with Crippen LogP contribution in [0, 0.1) is 13.8 Å². The lowest BCUT2D eigenvalue weighted by Gasteiger charge is -2.06. The van der Waals surface area contributed by atoms with E-state index in [1.165, 1.54) is 0 Å². The van der Waals surface area contributed by atoms with E-state index in [9.17, 15) is 4.79 Å². The number of carbonyl (C=O) groups is 1. The van der Waals surface area contributed by atoms with Crippen molar-refractivity contribution in [1.29, 1.82) is 0 Å². The van der Waals surface area contributed by atoms with Crippen LogP contribution in [0.2, 0.25) is 0 Å². The Kier molecular flexibility index (Phi) is 4.14. The molecular formula is C14H19N3O2. The topological polar surface area (TPSA) is 68.0 Å². The number of carbonyl (C=O) groups excluding carboxylic acids is 1. The second kappa shape index (κ2) is 5.82. The summed E-state index contributed by atoms with van der Waals surface area (Å²) < 4.78 is 5.12. The third-order valence-corrected chi connectivity index (χ3v) is 3.06. The summed E-state index contributed by atoms with van der Waals surface area (Å²) in [6.07, 6.45) is 3.26. The minimum absolute atomic E-state index is 0.0853. The summed E-state index contributed by atoms with van der Waals surface area (Å²) in [7, 11) is 0. The Balaban J connectivity index is 2.23. The molecule has 0 aliphatic carbocycles. The highest BCUT2D eigenvalue weighted by atomic mass is 16.5. The van der Waals surface area contributed by atoms with Crippen LogP contribution >= 0.6 is 0 Å². The van der Waals surface area contributed by atoms with Gasteiger partial charge in [0.15, 0.2) is 0 Å². The van der Waals surface area contributed by atoms with E-state index in [0.717, 1.165) is 25.0 Å². The fraction of sp³-hybridized carbons (Fsp3) is 0.500. The molecule has 0 aromatic carbocycles.